The molecule has 4 nitrogen and oxygen atoms in total. The van der Waals surface area contributed by atoms with E-state index in [-0.39, 0.29) is 6.04 Å². The van der Waals surface area contributed by atoms with Gasteiger partial charge in [0.1, 0.15) is 11.9 Å². The zero-order chi connectivity index (χ0) is 14.7. The standard InChI is InChI=1S/C16H24N4S/c1-19-9-4-3-6-13(19)12-18-15(14-7-5-11-21-14)16-17-8-10-20(16)2/h5,7-8,10-11,13,15,18H,3-4,6,9,12H2,1-2H3. The number of hydrogen-bond acceptors (Lipinski definition) is 4. The molecule has 1 N–H and O–H groups in total. The Bertz CT molecular complexity index is 548. The average molecular weight is 304 g/mol. The zero-order valence-electron chi connectivity index (χ0n) is 12.8. The fourth-order valence-electron chi connectivity index (χ4n) is 3.09. The number of imidazole rings is 1. The molecule has 5 heteroatoms. The van der Waals surface area contributed by atoms with Crippen LogP contribution in [0.5, 0.6) is 0 Å². The number of nitrogens with zero attached hydrogens (tertiary/aromatic N) is 3. The molecule has 2 aromatic heterocycles. The molecular formula is C16H24N4S. The lowest BCUT2D eigenvalue weighted by atomic mass is 10.0. The highest BCUT2D eigenvalue weighted by molar-refractivity contribution is 7.10. The molecule has 0 spiro atoms. The van der Waals surface area contributed by atoms with E-state index < -0.39 is 0 Å². The summed E-state index contributed by atoms with van der Waals surface area (Å²) in [4.78, 5) is 8.37. The van der Waals surface area contributed by atoms with Crippen LogP contribution in [0.1, 0.15) is 36.0 Å². The van der Waals surface area contributed by atoms with Crippen molar-refractivity contribution in [2.24, 2.45) is 7.05 Å². The molecule has 21 heavy (non-hydrogen) atoms. The summed E-state index contributed by atoms with van der Waals surface area (Å²) < 4.78 is 2.11. The van der Waals surface area contributed by atoms with Crippen LogP contribution in [-0.4, -0.2) is 40.6 Å². The minimum atomic E-state index is 0.195. The molecule has 3 heterocycles. The third-order valence-corrected chi connectivity index (χ3v) is 5.36. The second-order valence-corrected chi connectivity index (χ2v) is 6.86. The van der Waals surface area contributed by atoms with Crippen LogP contribution in [0.4, 0.5) is 0 Å². The monoisotopic (exact) mass is 304 g/mol. The summed E-state index contributed by atoms with van der Waals surface area (Å²) >= 11 is 1.80. The third-order valence-electron chi connectivity index (χ3n) is 4.42. The Morgan fingerprint density at radius 2 is 2.33 bits per heavy atom. The van der Waals surface area contributed by atoms with E-state index in [1.165, 1.54) is 30.7 Å². The largest absolute Gasteiger partial charge is 0.336 e. The molecule has 0 aromatic carbocycles. The molecule has 1 aliphatic rings. The Morgan fingerprint density at radius 1 is 1.43 bits per heavy atom. The minimum absolute atomic E-state index is 0.195. The van der Waals surface area contributed by atoms with Crippen LogP contribution in [-0.2, 0) is 7.05 Å². The summed E-state index contributed by atoms with van der Waals surface area (Å²) in [5, 5.41) is 5.89. The minimum Gasteiger partial charge on any atom is -0.336 e. The molecule has 1 saturated heterocycles. The number of piperidine rings is 1. The van der Waals surface area contributed by atoms with Gasteiger partial charge in [0.25, 0.3) is 0 Å². The lowest BCUT2D eigenvalue weighted by Gasteiger charge is -2.33. The van der Waals surface area contributed by atoms with Gasteiger partial charge >= 0.3 is 0 Å². The summed E-state index contributed by atoms with van der Waals surface area (Å²) in [6.07, 6.45) is 7.87. The van der Waals surface area contributed by atoms with Crippen molar-refractivity contribution >= 4 is 11.3 Å². The first-order valence-corrected chi connectivity index (χ1v) is 8.58. The van der Waals surface area contributed by atoms with E-state index in [4.69, 9.17) is 0 Å². The highest BCUT2D eigenvalue weighted by atomic mass is 32.1. The van der Waals surface area contributed by atoms with Gasteiger partial charge in [0.05, 0.1) is 0 Å². The van der Waals surface area contributed by atoms with Crippen molar-refractivity contribution in [3.63, 3.8) is 0 Å². The molecule has 114 valence electrons. The maximum absolute atomic E-state index is 4.55. The van der Waals surface area contributed by atoms with Gasteiger partial charge in [-0.05, 0) is 37.9 Å². The predicted molar refractivity (Wildman–Crippen MR) is 87.6 cm³/mol. The summed E-state index contributed by atoms with van der Waals surface area (Å²) in [5.41, 5.74) is 0. The van der Waals surface area contributed by atoms with Crippen molar-refractivity contribution in [2.75, 3.05) is 20.1 Å². The van der Waals surface area contributed by atoms with E-state index in [2.05, 4.69) is 51.4 Å². The van der Waals surface area contributed by atoms with E-state index in [1.54, 1.807) is 11.3 Å². The Hall–Kier alpha value is -1.17. The topological polar surface area (TPSA) is 33.1 Å². The first-order chi connectivity index (χ1) is 10.3. The summed E-state index contributed by atoms with van der Waals surface area (Å²) in [6.45, 7) is 2.24. The molecular weight excluding hydrogens is 280 g/mol. The maximum Gasteiger partial charge on any atom is 0.131 e. The van der Waals surface area contributed by atoms with Crippen molar-refractivity contribution in [3.05, 3.63) is 40.6 Å². The van der Waals surface area contributed by atoms with Crippen molar-refractivity contribution in [1.82, 2.24) is 19.8 Å². The van der Waals surface area contributed by atoms with E-state index in [9.17, 15) is 0 Å². The van der Waals surface area contributed by atoms with Gasteiger partial charge in [0.2, 0.25) is 0 Å². The predicted octanol–water partition coefficient (Wildman–Crippen LogP) is 2.64. The Labute approximate surface area is 130 Å². The molecule has 1 aliphatic heterocycles. The van der Waals surface area contributed by atoms with Crippen LogP contribution < -0.4 is 5.32 Å². The van der Waals surface area contributed by atoms with Gasteiger partial charge in [-0.15, -0.1) is 11.3 Å². The smallest absolute Gasteiger partial charge is 0.131 e. The van der Waals surface area contributed by atoms with Crippen LogP contribution >= 0.6 is 11.3 Å². The quantitative estimate of drug-likeness (QED) is 0.922. The van der Waals surface area contributed by atoms with Crippen LogP contribution in [0.25, 0.3) is 0 Å². The Morgan fingerprint density at radius 3 is 3.00 bits per heavy atom. The first kappa shape index (κ1) is 14.8. The number of aromatic nitrogens is 2. The highest BCUT2D eigenvalue weighted by Gasteiger charge is 2.23. The fourth-order valence-corrected chi connectivity index (χ4v) is 3.88. The molecule has 2 aromatic rings. The van der Waals surface area contributed by atoms with Crippen LogP contribution in [0.15, 0.2) is 29.9 Å². The van der Waals surface area contributed by atoms with E-state index in [0.717, 1.165) is 12.4 Å². The van der Waals surface area contributed by atoms with Gasteiger partial charge in [0.15, 0.2) is 0 Å². The molecule has 0 saturated carbocycles. The van der Waals surface area contributed by atoms with Crippen LogP contribution in [0.2, 0.25) is 0 Å². The number of rotatable bonds is 5. The lowest BCUT2D eigenvalue weighted by Crippen LogP contribution is -2.44. The summed E-state index contributed by atoms with van der Waals surface area (Å²) in [6, 6.07) is 5.15. The van der Waals surface area contributed by atoms with Gasteiger partial charge in [-0.25, -0.2) is 4.98 Å². The SMILES string of the molecule is CN1CCCCC1CNC(c1cccs1)c1nccn1C. The van der Waals surface area contributed by atoms with Crippen LogP contribution in [0, 0.1) is 0 Å². The molecule has 0 amide bonds. The van der Waals surface area contributed by atoms with E-state index >= 15 is 0 Å². The number of likely N-dealkylation sites (tertiary alicyclic amines) is 1. The van der Waals surface area contributed by atoms with E-state index in [0.29, 0.717) is 6.04 Å². The zero-order valence-corrected chi connectivity index (χ0v) is 13.6. The maximum atomic E-state index is 4.55. The number of nitrogens with one attached hydrogen (secondary N) is 1. The van der Waals surface area contributed by atoms with Crippen molar-refractivity contribution in [2.45, 2.75) is 31.3 Å². The van der Waals surface area contributed by atoms with E-state index in [1.807, 2.05) is 12.4 Å². The number of likely N-dealkylation sites (N-methyl/N-ethyl adjacent to an activating group) is 1. The number of aryl methyl sites for hydroxylation is 1. The Balaban J connectivity index is 1.73. The molecule has 1 fully saturated rings. The summed E-state index contributed by atoms with van der Waals surface area (Å²) in [7, 11) is 4.31. The van der Waals surface area contributed by atoms with Gasteiger partial charge in [-0.2, -0.15) is 0 Å². The van der Waals surface area contributed by atoms with Gasteiger partial charge in [-0.1, -0.05) is 12.5 Å². The second-order valence-electron chi connectivity index (χ2n) is 5.88. The molecule has 2 unspecified atom stereocenters. The van der Waals surface area contributed by atoms with Gasteiger partial charge < -0.3 is 14.8 Å². The molecule has 0 radical (unpaired) electrons. The van der Waals surface area contributed by atoms with Crippen molar-refractivity contribution < 1.29 is 0 Å². The van der Waals surface area contributed by atoms with Crippen molar-refractivity contribution in [1.29, 1.82) is 0 Å². The molecule has 3 rings (SSSR count). The second kappa shape index (κ2) is 6.73. The normalized spacial score (nSPS) is 21.5. The summed E-state index contributed by atoms with van der Waals surface area (Å²) in [5.74, 6) is 1.09. The highest BCUT2D eigenvalue weighted by Crippen LogP contribution is 2.25. The van der Waals surface area contributed by atoms with Gasteiger partial charge in [-0.3, -0.25) is 0 Å². The molecule has 2 atom stereocenters. The van der Waals surface area contributed by atoms with Crippen LogP contribution in [0.3, 0.4) is 0 Å². The number of thiophene rings is 1. The third kappa shape index (κ3) is 3.36. The number of hydrogen-bond donors (Lipinski definition) is 1. The lowest BCUT2D eigenvalue weighted by molar-refractivity contribution is 0.179. The molecule has 0 bridgehead atoms. The fraction of sp³-hybridized carbons (Fsp3) is 0.562. The first-order valence-electron chi connectivity index (χ1n) is 7.70. The molecule has 0 aliphatic carbocycles. The van der Waals surface area contributed by atoms with Crippen molar-refractivity contribution in [3.8, 4) is 0 Å². The van der Waals surface area contributed by atoms with Gasteiger partial charge in [0, 0.05) is 36.9 Å². The Kier molecular flexibility index (Phi) is 4.73. The average Bonchev–Trinajstić information content (AvgIpc) is 3.14.